The van der Waals surface area contributed by atoms with Gasteiger partial charge in [0.15, 0.2) is 11.4 Å². The van der Waals surface area contributed by atoms with Gasteiger partial charge in [-0.05, 0) is 38.4 Å². The van der Waals surface area contributed by atoms with Crippen molar-refractivity contribution < 1.29 is 48.0 Å². The molecule has 1 saturated carbocycles. The molecule has 3 aliphatic rings. The second kappa shape index (κ2) is 9.40. The van der Waals surface area contributed by atoms with Gasteiger partial charge in [0.2, 0.25) is 5.78 Å². The first-order chi connectivity index (χ1) is 17.6. The van der Waals surface area contributed by atoms with Crippen molar-refractivity contribution in [3.05, 3.63) is 45.7 Å². The molecule has 0 bridgehead atoms. The Hall–Kier alpha value is -3.42. The van der Waals surface area contributed by atoms with Gasteiger partial charge in [-0.3, -0.25) is 19.3 Å². The number of fused-ring (bicyclic) bond motifs is 3. The van der Waals surface area contributed by atoms with E-state index in [4.69, 9.17) is 5.73 Å². The zero-order chi connectivity index (χ0) is 28.3. The number of amides is 1. The predicted molar refractivity (Wildman–Crippen MR) is 127 cm³/mol. The van der Waals surface area contributed by atoms with E-state index in [1.807, 2.05) is 0 Å². The molecule has 4 rings (SSSR count). The van der Waals surface area contributed by atoms with Crippen molar-refractivity contribution in [3.63, 3.8) is 0 Å². The van der Waals surface area contributed by atoms with Crippen LogP contribution in [-0.2, 0) is 27.3 Å². The summed E-state index contributed by atoms with van der Waals surface area (Å²) in [6.07, 6.45) is -5.34. The van der Waals surface area contributed by atoms with Gasteiger partial charge in [-0.2, -0.15) is 13.2 Å². The molecule has 1 aromatic carbocycles. The normalized spacial score (nSPS) is 27.4. The maximum Gasteiger partial charge on any atom is 0.390 e. The minimum atomic E-state index is -4.36. The van der Waals surface area contributed by atoms with Crippen LogP contribution in [0.15, 0.2) is 29.0 Å². The Morgan fingerprint density at radius 1 is 1.21 bits per heavy atom. The molecule has 38 heavy (non-hydrogen) atoms. The number of ketones is 2. The molecule has 0 radical (unpaired) electrons. The highest BCUT2D eigenvalue weighted by molar-refractivity contribution is 6.24. The van der Waals surface area contributed by atoms with Crippen molar-refractivity contribution in [2.75, 3.05) is 20.6 Å². The number of benzene rings is 1. The Labute approximate surface area is 215 Å². The number of nitrogens with zero attached hydrogens (tertiary/aromatic N) is 1. The highest BCUT2D eigenvalue weighted by atomic mass is 19.4. The van der Waals surface area contributed by atoms with E-state index in [-0.39, 0.29) is 36.1 Å². The number of carbonyl (C=O) groups is 3. The van der Waals surface area contributed by atoms with E-state index in [0.717, 1.165) is 0 Å². The molecule has 0 aromatic heterocycles. The number of Topliss-reactive ketones (excluding diaryl/α,β-unsaturated/α-hetero) is 2. The maximum atomic E-state index is 13.7. The third kappa shape index (κ3) is 4.24. The summed E-state index contributed by atoms with van der Waals surface area (Å²) in [5, 5.41) is 47.0. The number of hydrogen-bond donors (Lipinski definition) is 6. The van der Waals surface area contributed by atoms with Gasteiger partial charge in [-0.25, -0.2) is 0 Å². The van der Waals surface area contributed by atoms with E-state index in [1.54, 1.807) is 6.07 Å². The summed E-state index contributed by atoms with van der Waals surface area (Å²) in [5.41, 5.74) is 1.86. The fourth-order valence-corrected chi connectivity index (χ4v) is 5.86. The van der Waals surface area contributed by atoms with Gasteiger partial charge in [0.25, 0.3) is 5.91 Å². The number of primary amides is 1. The van der Waals surface area contributed by atoms with Crippen molar-refractivity contribution in [2.24, 2.45) is 17.6 Å². The lowest BCUT2D eigenvalue weighted by molar-refractivity contribution is -0.153. The molecule has 7 N–H and O–H groups in total. The van der Waals surface area contributed by atoms with E-state index < -0.39 is 82.9 Å². The third-order valence-electron chi connectivity index (χ3n) is 7.58. The van der Waals surface area contributed by atoms with Gasteiger partial charge in [0, 0.05) is 30.1 Å². The fourth-order valence-electron chi connectivity index (χ4n) is 5.86. The summed E-state index contributed by atoms with van der Waals surface area (Å²) in [5.74, 6) is -7.46. The van der Waals surface area contributed by atoms with Crippen molar-refractivity contribution in [3.8, 4) is 5.75 Å². The van der Waals surface area contributed by atoms with Crippen LogP contribution in [0.3, 0.4) is 0 Å². The summed E-state index contributed by atoms with van der Waals surface area (Å²) < 4.78 is 37.3. The first-order valence-electron chi connectivity index (χ1n) is 11.9. The van der Waals surface area contributed by atoms with Crippen LogP contribution < -0.4 is 11.1 Å². The Bertz CT molecular complexity index is 1290. The Kier molecular flexibility index (Phi) is 6.83. The molecule has 10 nitrogen and oxygen atoms in total. The number of alkyl halides is 3. The average Bonchev–Trinajstić information content (AvgIpc) is 2.79. The van der Waals surface area contributed by atoms with E-state index in [2.05, 4.69) is 5.32 Å². The second-order valence-corrected chi connectivity index (χ2v) is 10.1. The molecule has 0 aliphatic heterocycles. The van der Waals surface area contributed by atoms with Gasteiger partial charge in [0.1, 0.15) is 22.8 Å². The van der Waals surface area contributed by atoms with Gasteiger partial charge in [-0.15, -0.1) is 0 Å². The van der Waals surface area contributed by atoms with Crippen LogP contribution in [0.2, 0.25) is 0 Å². The topological polar surface area (TPSA) is 173 Å². The van der Waals surface area contributed by atoms with E-state index in [0.29, 0.717) is 5.56 Å². The molecule has 0 saturated heterocycles. The number of nitrogens with two attached hydrogens (primary N) is 1. The molecule has 0 unspecified atom stereocenters. The predicted octanol–water partition coefficient (Wildman–Crippen LogP) is 1.01. The molecule has 206 valence electrons. The number of carbonyl (C=O) groups excluding carboxylic acids is 3. The molecule has 4 atom stereocenters. The zero-order valence-corrected chi connectivity index (χ0v) is 20.6. The zero-order valence-electron chi connectivity index (χ0n) is 20.6. The van der Waals surface area contributed by atoms with Gasteiger partial charge < -0.3 is 31.5 Å². The number of aromatic hydroxyl groups is 1. The maximum absolute atomic E-state index is 13.7. The lowest BCUT2D eigenvalue weighted by atomic mass is 9.57. The van der Waals surface area contributed by atoms with E-state index in [1.165, 1.54) is 25.1 Å². The quantitative estimate of drug-likeness (QED) is 0.228. The van der Waals surface area contributed by atoms with Gasteiger partial charge in [0.05, 0.1) is 18.0 Å². The molecular formula is C25H28F3N3O7. The first kappa shape index (κ1) is 27.6. The van der Waals surface area contributed by atoms with Crippen LogP contribution in [0.5, 0.6) is 5.75 Å². The molecule has 1 aromatic rings. The van der Waals surface area contributed by atoms with Crippen LogP contribution in [0, 0.1) is 11.8 Å². The van der Waals surface area contributed by atoms with E-state index >= 15 is 0 Å². The van der Waals surface area contributed by atoms with Gasteiger partial charge in [-0.1, -0.05) is 12.1 Å². The van der Waals surface area contributed by atoms with Gasteiger partial charge >= 0.3 is 6.18 Å². The number of aliphatic hydroxyl groups excluding tert-OH is 2. The minimum absolute atomic E-state index is 0.0345. The van der Waals surface area contributed by atoms with Crippen LogP contribution in [0.4, 0.5) is 13.2 Å². The SMILES string of the molecule is CN(C)[C@@H]1C(=O)C(C(N)=O)=C(O)[C@@]2(O)C(=O)C3=C(O)c4c(ccc(CNCCC(F)(F)F)c4O)C[C@H]3C[C@@H]12. The van der Waals surface area contributed by atoms with Crippen molar-refractivity contribution in [2.45, 2.75) is 43.6 Å². The number of aliphatic hydroxyl groups is 3. The molecule has 3 aliphatic carbocycles. The number of nitrogens with one attached hydrogen (secondary N) is 1. The number of phenols is 1. The number of phenolic OH excluding ortho intramolecular Hbond substituents is 1. The Balaban J connectivity index is 1.77. The molecule has 1 amide bonds. The highest BCUT2D eigenvalue weighted by Gasteiger charge is 2.64. The molecular weight excluding hydrogens is 511 g/mol. The second-order valence-electron chi connectivity index (χ2n) is 10.1. The summed E-state index contributed by atoms with van der Waals surface area (Å²) in [4.78, 5) is 40.2. The lowest BCUT2D eigenvalue weighted by Crippen LogP contribution is -2.65. The van der Waals surface area contributed by atoms with Crippen molar-refractivity contribution >= 4 is 23.2 Å². The first-order valence-corrected chi connectivity index (χ1v) is 11.9. The van der Waals surface area contributed by atoms with Crippen LogP contribution >= 0.6 is 0 Å². The van der Waals surface area contributed by atoms with Crippen LogP contribution in [-0.4, -0.2) is 81.3 Å². The number of halogens is 3. The molecule has 13 heteroatoms. The smallest absolute Gasteiger partial charge is 0.390 e. The Morgan fingerprint density at radius 2 is 1.87 bits per heavy atom. The largest absolute Gasteiger partial charge is 0.508 e. The minimum Gasteiger partial charge on any atom is -0.508 e. The fraction of sp³-hybridized carbons (Fsp3) is 0.480. The Morgan fingerprint density at radius 3 is 2.45 bits per heavy atom. The molecule has 1 fully saturated rings. The summed E-state index contributed by atoms with van der Waals surface area (Å²) in [6, 6.07) is 1.90. The third-order valence-corrected chi connectivity index (χ3v) is 7.58. The summed E-state index contributed by atoms with van der Waals surface area (Å²) >= 11 is 0. The highest BCUT2D eigenvalue weighted by Crippen LogP contribution is 2.52. The average molecular weight is 540 g/mol. The standard InChI is InChI=1S/C25H28F3N3O7/c1-31(2)17-13-8-12-7-10-3-4-11(9-30-6-5-24(26,27)28)18(32)14(10)19(33)15(12)21(35)25(13,38)22(36)16(20(17)34)23(29)37/h3-4,12-13,17,30,32-33,36,38H,5-9H2,1-2H3,(H2,29,37)/t12-,13-,17-,25-/m0/s1. The number of hydrogen-bond acceptors (Lipinski definition) is 9. The summed E-state index contributed by atoms with van der Waals surface area (Å²) in [6.45, 7) is -0.555. The molecule has 0 heterocycles. The number of likely N-dealkylation sites (N-methyl/N-ethyl adjacent to an activating group) is 1. The monoisotopic (exact) mass is 539 g/mol. The van der Waals surface area contributed by atoms with Crippen LogP contribution in [0.1, 0.15) is 29.5 Å². The van der Waals surface area contributed by atoms with Crippen molar-refractivity contribution in [1.82, 2.24) is 10.2 Å². The van der Waals surface area contributed by atoms with E-state index in [9.17, 15) is 48.0 Å². The molecule has 0 spiro atoms. The lowest BCUT2D eigenvalue weighted by Gasteiger charge is -2.50. The number of rotatable bonds is 6. The van der Waals surface area contributed by atoms with Crippen molar-refractivity contribution in [1.29, 1.82) is 0 Å². The summed E-state index contributed by atoms with van der Waals surface area (Å²) in [7, 11) is 3.02. The van der Waals surface area contributed by atoms with Crippen LogP contribution in [0.25, 0.3) is 5.76 Å².